The maximum Gasteiger partial charge on any atom is 0.416 e. The number of nitrogens with two attached hydrogens (primary N) is 1. The molecule has 0 aliphatic heterocycles. The van der Waals surface area contributed by atoms with Crippen LogP contribution in [0.15, 0.2) is 48.7 Å². The van der Waals surface area contributed by atoms with Crippen LogP contribution in [0.5, 0.6) is 5.75 Å². The second-order valence-electron chi connectivity index (χ2n) is 6.47. The molecule has 1 atom stereocenters. The van der Waals surface area contributed by atoms with E-state index in [9.17, 15) is 18.0 Å². The molecule has 0 amide bonds. The third-order valence-electron chi connectivity index (χ3n) is 4.44. The van der Waals surface area contributed by atoms with E-state index in [2.05, 4.69) is 9.97 Å². The van der Waals surface area contributed by atoms with Gasteiger partial charge in [-0.15, -0.1) is 0 Å². The van der Waals surface area contributed by atoms with Crippen LogP contribution in [0.3, 0.4) is 0 Å². The van der Waals surface area contributed by atoms with E-state index in [4.69, 9.17) is 26.8 Å². The van der Waals surface area contributed by atoms with Crippen LogP contribution in [0, 0.1) is 0 Å². The van der Waals surface area contributed by atoms with Crippen molar-refractivity contribution in [2.45, 2.75) is 19.2 Å². The van der Waals surface area contributed by atoms with Gasteiger partial charge < -0.3 is 15.2 Å². The summed E-state index contributed by atoms with van der Waals surface area (Å²) < 4.78 is 50.8. The van der Waals surface area contributed by atoms with Crippen molar-refractivity contribution < 1.29 is 27.4 Å². The van der Waals surface area contributed by atoms with Crippen molar-refractivity contribution in [3.63, 3.8) is 0 Å². The number of carbonyl (C=O) groups excluding carboxylic acids is 1. The molecule has 2 N–H and O–H groups in total. The summed E-state index contributed by atoms with van der Waals surface area (Å²) in [7, 11) is 1.18. The lowest BCUT2D eigenvalue weighted by atomic mass is 10.0. The fourth-order valence-corrected chi connectivity index (χ4v) is 3.13. The Hall–Kier alpha value is -3.33. The first-order valence-corrected chi connectivity index (χ1v) is 9.33. The first-order valence-electron chi connectivity index (χ1n) is 8.95. The van der Waals surface area contributed by atoms with Crippen LogP contribution in [0.2, 0.25) is 5.15 Å². The van der Waals surface area contributed by atoms with Crippen molar-refractivity contribution in [1.29, 1.82) is 0 Å². The predicted octanol–water partition coefficient (Wildman–Crippen LogP) is 5.32. The van der Waals surface area contributed by atoms with Crippen molar-refractivity contribution in [2.75, 3.05) is 12.8 Å². The normalized spacial score (nSPS) is 12.3. The molecular formula is C21H17ClF3N3O3. The zero-order valence-electron chi connectivity index (χ0n) is 16.4. The van der Waals surface area contributed by atoms with Gasteiger partial charge in [-0.25, -0.2) is 14.8 Å². The highest BCUT2D eigenvalue weighted by Gasteiger charge is 2.35. The van der Waals surface area contributed by atoms with Crippen LogP contribution in [-0.4, -0.2) is 23.0 Å². The summed E-state index contributed by atoms with van der Waals surface area (Å²) in [6.07, 6.45) is -4.33. The molecule has 6 nitrogen and oxygen atoms in total. The average Bonchev–Trinajstić information content (AvgIpc) is 2.74. The van der Waals surface area contributed by atoms with Crippen molar-refractivity contribution in [2.24, 2.45) is 0 Å². The number of anilines is 1. The summed E-state index contributed by atoms with van der Waals surface area (Å²) in [5, 5.41) is 0.0937. The van der Waals surface area contributed by atoms with Gasteiger partial charge in [0.15, 0.2) is 0 Å². The third-order valence-corrected chi connectivity index (χ3v) is 4.62. The van der Waals surface area contributed by atoms with Gasteiger partial charge in [0.1, 0.15) is 34.1 Å². The molecule has 2 aromatic carbocycles. The highest BCUT2D eigenvalue weighted by Crippen LogP contribution is 2.37. The van der Waals surface area contributed by atoms with Crippen LogP contribution in [0.1, 0.15) is 34.5 Å². The summed E-state index contributed by atoms with van der Waals surface area (Å²) in [6.45, 7) is 1.45. The van der Waals surface area contributed by atoms with E-state index >= 15 is 0 Å². The largest absolute Gasteiger partial charge is 0.485 e. The van der Waals surface area contributed by atoms with Crippen molar-refractivity contribution >= 4 is 23.4 Å². The molecule has 31 heavy (non-hydrogen) atoms. The van der Waals surface area contributed by atoms with Gasteiger partial charge in [-0.05, 0) is 25.1 Å². The topological polar surface area (TPSA) is 87.3 Å². The van der Waals surface area contributed by atoms with Gasteiger partial charge in [-0.1, -0.05) is 35.9 Å². The quantitative estimate of drug-likeness (QED) is 0.528. The number of halogens is 4. The standard InChI is InChI=1S/C21H17ClF3N3O3/c1-11(13-5-3-4-6-15(13)21(23,24)25)31-16-9-12(7-8-14(16)20(29)30-2)18-19(26)27-10-17(22)28-18/h3-11H,1-2H3,(H2,26,27). The predicted molar refractivity (Wildman–Crippen MR) is 109 cm³/mol. The number of ether oxygens (including phenoxy) is 2. The first kappa shape index (κ1) is 22.4. The van der Waals surface area contributed by atoms with Gasteiger partial charge in [0.25, 0.3) is 0 Å². The summed E-state index contributed by atoms with van der Waals surface area (Å²) in [5.41, 5.74) is 5.62. The molecule has 0 radical (unpaired) electrons. The highest BCUT2D eigenvalue weighted by atomic mass is 35.5. The number of hydrogen-bond donors (Lipinski definition) is 1. The molecule has 0 fully saturated rings. The van der Waals surface area contributed by atoms with Gasteiger partial charge >= 0.3 is 12.1 Å². The minimum absolute atomic E-state index is 0.00463. The lowest BCUT2D eigenvalue weighted by molar-refractivity contribution is -0.139. The fourth-order valence-electron chi connectivity index (χ4n) is 3.00. The van der Waals surface area contributed by atoms with E-state index in [1.165, 1.54) is 56.6 Å². The van der Waals surface area contributed by atoms with E-state index in [1.54, 1.807) is 0 Å². The van der Waals surface area contributed by atoms with Crippen LogP contribution >= 0.6 is 11.6 Å². The molecule has 0 saturated carbocycles. The Labute approximate surface area is 180 Å². The second-order valence-corrected chi connectivity index (χ2v) is 6.86. The zero-order chi connectivity index (χ0) is 22.8. The molecule has 0 saturated heterocycles. The Bertz CT molecular complexity index is 1120. The molecule has 0 aliphatic carbocycles. The van der Waals surface area contributed by atoms with E-state index in [1.807, 2.05) is 0 Å². The lowest BCUT2D eigenvalue weighted by Crippen LogP contribution is -2.15. The number of aromatic nitrogens is 2. The van der Waals surface area contributed by atoms with E-state index in [0.717, 1.165) is 6.07 Å². The number of methoxy groups -OCH3 is 1. The molecule has 0 bridgehead atoms. The Morgan fingerprint density at radius 3 is 2.58 bits per heavy atom. The number of benzene rings is 2. The molecule has 10 heteroatoms. The number of nitrogen functional groups attached to an aromatic ring is 1. The Balaban J connectivity index is 2.07. The fraction of sp³-hybridized carbons (Fsp3) is 0.190. The molecular weight excluding hydrogens is 435 g/mol. The van der Waals surface area contributed by atoms with Crippen molar-refractivity contribution in [3.05, 3.63) is 70.5 Å². The monoisotopic (exact) mass is 451 g/mol. The number of carbonyl (C=O) groups is 1. The highest BCUT2D eigenvalue weighted by molar-refractivity contribution is 6.29. The van der Waals surface area contributed by atoms with Gasteiger partial charge in [0.05, 0.1) is 18.9 Å². The molecule has 0 aliphatic rings. The number of rotatable bonds is 5. The number of nitrogens with zero attached hydrogens (tertiary/aromatic N) is 2. The molecule has 162 valence electrons. The molecule has 1 heterocycles. The summed E-state index contributed by atoms with van der Waals surface area (Å²) >= 11 is 5.89. The van der Waals surface area contributed by atoms with Crippen molar-refractivity contribution in [3.8, 4) is 17.0 Å². The van der Waals surface area contributed by atoms with Crippen LogP contribution in [-0.2, 0) is 10.9 Å². The van der Waals surface area contributed by atoms with Gasteiger partial charge in [-0.2, -0.15) is 13.2 Å². The minimum atomic E-state index is -4.56. The minimum Gasteiger partial charge on any atom is -0.485 e. The smallest absolute Gasteiger partial charge is 0.416 e. The Kier molecular flexibility index (Phi) is 6.35. The summed E-state index contributed by atoms with van der Waals surface area (Å²) in [5.74, 6) is -0.644. The van der Waals surface area contributed by atoms with E-state index in [0.29, 0.717) is 5.56 Å². The van der Waals surface area contributed by atoms with Crippen LogP contribution < -0.4 is 10.5 Å². The molecule has 1 unspecified atom stereocenters. The van der Waals surface area contributed by atoms with Gasteiger partial charge in [-0.3, -0.25) is 0 Å². The number of alkyl halides is 3. The molecule has 0 spiro atoms. The molecule has 3 rings (SSSR count). The van der Waals surface area contributed by atoms with Gasteiger partial charge in [0.2, 0.25) is 0 Å². The van der Waals surface area contributed by atoms with Crippen LogP contribution in [0.25, 0.3) is 11.3 Å². The maximum absolute atomic E-state index is 13.4. The SMILES string of the molecule is COC(=O)c1ccc(-c2nc(Cl)cnc2N)cc1OC(C)c1ccccc1C(F)(F)F. The van der Waals surface area contributed by atoms with Gasteiger partial charge in [0, 0.05) is 11.1 Å². The van der Waals surface area contributed by atoms with E-state index < -0.39 is 23.8 Å². The summed E-state index contributed by atoms with van der Waals surface area (Å²) in [4.78, 5) is 20.2. The maximum atomic E-state index is 13.4. The average molecular weight is 452 g/mol. The third kappa shape index (κ3) is 4.88. The summed E-state index contributed by atoms with van der Waals surface area (Å²) in [6, 6.07) is 9.41. The number of esters is 1. The lowest BCUT2D eigenvalue weighted by Gasteiger charge is -2.21. The first-order chi connectivity index (χ1) is 14.6. The molecule has 1 aromatic heterocycles. The van der Waals surface area contributed by atoms with E-state index in [-0.39, 0.29) is 33.5 Å². The van der Waals surface area contributed by atoms with Crippen LogP contribution in [0.4, 0.5) is 19.0 Å². The molecule has 3 aromatic rings. The second kappa shape index (κ2) is 8.81. The zero-order valence-corrected chi connectivity index (χ0v) is 17.2. The Morgan fingerprint density at radius 1 is 1.19 bits per heavy atom. The number of hydrogen-bond acceptors (Lipinski definition) is 6. The van der Waals surface area contributed by atoms with Crippen molar-refractivity contribution in [1.82, 2.24) is 9.97 Å². The Morgan fingerprint density at radius 2 is 1.90 bits per heavy atom.